The standard InChI is InChI=1S/C18H20BrN3O/c19-14-5-4-8-16(10-14)21-17-9-13(11-20-12-17)18(23)22-15-6-2-1-3-7-15/h4-5,8-12,15,21H,1-3,6-7H2,(H,22,23). The number of nitrogens with zero attached hydrogens (tertiary/aromatic N) is 1. The molecule has 1 saturated carbocycles. The monoisotopic (exact) mass is 373 g/mol. The average molecular weight is 374 g/mol. The third kappa shape index (κ3) is 4.55. The zero-order chi connectivity index (χ0) is 16.1. The van der Waals surface area contributed by atoms with E-state index in [2.05, 4.69) is 31.5 Å². The van der Waals surface area contributed by atoms with Crippen LogP contribution in [0.5, 0.6) is 0 Å². The van der Waals surface area contributed by atoms with Crippen LogP contribution in [0.2, 0.25) is 0 Å². The minimum Gasteiger partial charge on any atom is -0.354 e. The Balaban J connectivity index is 1.67. The largest absolute Gasteiger partial charge is 0.354 e. The van der Waals surface area contributed by atoms with Crippen molar-refractivity contribution in [3.05, 3.63) is 52.8 Å². The molecule has 1 aromatic heterocycles. The molecule has 5 heteroatoms. The van der Waals surface area contributed by atoms with Gasteiger partial charge < -0.3 is 10.6 Å². The molecular weight excluding hydrogens is 354 g/mol. The summed E-state index contributed by atoms with van der Waals surface area (Å²) in [5.41, 5.74) is 2.35. The quantitative estimate of drug-likeness (QED) is 0.819. The number of hydrogen-bond acceptors (Lipinski definition) is 3. The lowest BCUT2D eigenvalue weighted by Gasteiger charge is -2.22. The summed E-state index contributed by atoms with van der Waals surface area (Å²) in [7, 11) is 0. The number of nitrogens with one attached hydrogen (secondary N) is 2. The fourth-order valence-electron chi connectivity index (χ4n) is 2.88. The minimum atomic E-state index is -0.0395. The van der Waals surface area contributed by atoms with Gasteiger partial charge in [-0.25, -0.2) is 0 Å². The van der Waals surface area contributed by atoms with E-state index in [1.54, 1.807) is 12.4 Å². The molecule has 120 valence electrons. The van der Waals surface area contributed by atoms with Gasteiger partial charge in [-0.05, 0) is 37.1 Å². The van der Waals surface area contributed by atoms with Crippen LogP contribution in [0.25, 0.3) is 0 Å². The number of carbonyl (C=O) groups excluding carboxylic acids is 1. The summed E-state index contributed by atoms with van der Waals surface area (Å²) in [5, 5.41) is 6.39. The lowest BCUT2D eigenvalue weighted by Crippen LogP contribution is -2.36. The molecule has 4 nitrogen and oxygen atoms in total. The molecule has 0 aliphatic heterocycles. The van der Waals surface area contributed by atoms with Crippen LogP contribution in [0, 0.1) is 0 Å². The molecule has 2 N–H and O–H groups in total. The van der Waals surface area contributed by atoms with Crippen LogP contribution in [-0.4, -0.2) is 16.9 Å². The van der Waals surface area contributed by atoms with Crippen molar-refractivity contribution in [1.29, 1.82) is 0 Å². The molecule has 1 heterocycles. The van der Waals surface area contributed by atoms with Crippen molar-refractivity contribution in [3.63, 3.8) is 0 Å². The summed E-state index contributed by atoms with van der Waals surface area (Å²) in [6.07, 6.45) is 9.17. The summed E-state index contributed by atoms with van der Waals surface area (Å²) in [5.74, 6) is -0.0395. The van der Waals surface area contributed by atoms with Crippen LogP contribution in [0.3, 0.4) is 0 Å². The number of anilines is 2. The van der Waals surface area contributed by atoms with Crippen LogP contribution < -0.4 is 10.6 Å². The summed E-state index contributed by atoms with van der Waals surface area (Å²) in [6.45, 7) is 0. The molecule has 1 aliphatic carbocycles. The zero-order valence-corrected chi connectivity index (χ0v) is 14.5. The van der Waals surface area contributed by atoms with Gasteiger partial charge in [-0.2, -0.15) is 0 Å². The molecule has 0 unspecified atom stereocenters. The highest BCUT2D eigenvalue weighted by Crippen LogP contribution is 2.21. The van der Waals surface area contributed by atoms with E-state index in [0.29, 0.717) is 11.6 Å². The Bertz CT molecular complexity index is 683. The Hall–Kier alpha value is -1.88. The summed E-state index contributed by atoms with van der Waals surface area (Å²) < 4.78 is 1.00. The van der Waals surface area contributed by atoms with Gasteiger partial charge in [0.2, 0.25) is 0 Å². The minimum absolute atomic E-state index is 0.0395. The third-order valence-corrected chi connectivity index (χ3v) is 4.55. The van der Waals surface area contributed by atoms with Crippen molar-refractivity contribution in [3.8, 4) is 0 Å². The molecular formula is C18H20BrN3O. The predicted molar refractivity (Wildman–Crippen MR) is 96.0 cm³/mol. The molecule has 1 aromatic carbocycles. The topological polar surface area (TPSA) is 54.0 Å². The molecule has 1 amide bonds. The Morgan fingerprint density at radius 2 is 1.91 bits per heavy atom. The highest BCUT2D eigenvalue weighted by atomic mass is 79.9. The number of pyridine rings is 1. The van der Waals surface area contributed by atoms with Gasteiger partial charge in [0.25, 0.3) is 5.91 Å². The molecule has 3 rings (SSSR count). The number of carbonyl (C=O) groups is 1. The number of hydrogen-bond donors (Lipinski definition) is 2. The van der Waals surface area contributed by atoms with Crippen LogP contribution in [-0.2, 0) is 0 Å². The number of aromatic nitrogens is 1. The fraction of sp³-hybridized carbons (Fsp3) is 0.333. The van der Waals surface area contributed by atoms with Gasteiger partial charge in [0, 0.05) is 22.4 Å². The van der Waals surface area contributed by atoms with Crippen LogP contribution in [0.1, 0.15) is 42.5 Å². The third-order valence-electron chi connectivity index (χ3n) is 4.05. The Kier molecular flexibility index (Phi) is 5.28. The molecule has 0 bridgehead atoms. The predicted octanol–water partition coefficient (Wildman–Crippen LogP) is 4.65. The first-order valence-corrected chi connectivity index (χ1v) is 8.78. The Morgan fingerprint density at radius 3 is 2.70 bits per heavy atom. The maximum absolute atomic E-state index is 12.4. The van der Waals surface area contributed by atoms with Crippen LogP contribution >= 0.6 is 15.9 Å². The maximum Gasteiger partial charge on any atom is 0.253 e. The van der Waals surface area contributed by atoms with E-state index < -0.39 is 0 Å². The second-order valence-electron chi connectivity index (χ2n) is 5.91. The van der Waals surface area contributed by atoms with E-state index in [4.69, 9.17) is 0 Å². The first-order valence-electron chi connectivity index (χ1n) is 7.99. The fourth-order valence-corrected chi connectivity index (χ4v) is 3.28. The van der Waals surface area contributed by atoms with E-state index >= 15 is 0 Å². The number of rotatable bonds is 4. The summed E-state index contributed by atoms with van der Waals surface area (Å²) in [6, 6.07) is 10.0. The smallest absolute Gasteiger partial charge is 0.253 e. The van der Waals surface area contributed by atoms with E-state index in [1.165, 1.54) is 19.3 Å². The lowest BCUT2D eigenvalue weighted by atomic mass is 9.95. The summed E-state index contributed by atoms with van der Waals surface area (Å²) >= 11 is 3.45. The van der Waals surface area contributed by atoms with Gasteiger partial charge in [-0.15, -0.1) is 0 Å². The number of benzene rings is 1. The second-order valence-corrected chi connectivity index (χ2v) is 6.82. The first-order chi connectivity index (χ1) is 11.2. The van der Waals surface area contributed by atoms with Gasteiger partial charge in [-0.1, -0.05) is 41.3 Å². The lowest BCUT2D eigenvalue weighted by molar-refractivity contribution is 0.0927. The van der Waals surface area contributed by atoms with Gasteiger partial charge in [0.15, 0.2) is 0 Å². The number of halogens is 1. The van der Waals surface area contributed by atoms with Crippen molar-refractivity contribution < 1.29 is 4.79 Å². The van der Waals surface area contributed by atoms with E-state index in [0.717, 1.165) is 28.7 Å². The molecule has 23 heavy (non-hydrogen) atoms. The second kappa shape index (κ2) is 7.59. The molecule has 2 aromatic rings. The molecule has 1 fully saturated rings. The van der Waals surface area contributed by atoms with Crippen molar-refractivity contribution in [2.45, 2.75) is 38.1 Å². The highest BCUT2D eigenvalue weighted by molar-refractivity contribution is 9.10. The molecule has 0 atom stereocenters. The van der Waals surface area contributed by atoms with Gasteiger partial charge in [-0.3, -0.25) is 9.78 Å². The Morgan fingerprint density at radius 1 is 1.09 bits per heavy atom. The van der Waals surface area contributed by atoms with Crippen molar-refractivity contribution >= 4 is 33.2 Å². The number of amides is 1. The van der Waals surface area contributed by atoms with E-state index in [-0.39, 0.29) is 5.91 Å². The van der Waals surface area contributed by atoms with E-state index in [1.807, 2.05) is 30.3 Å². The highest BCUT2D eigenvalue weighted by Gasteiger charge is 2.17. The SMILES string of the molecule is O=C(NC1CCCCC1)c1cncc(Nc2cccc(Br)c2)c1. The summed E-state index contributed by atoms with van der Waals surface area (Å²) in [4.78, 5) is 16.6. The van der Waals surface area contributed by atoms with Gasteiger partial charge >= 0.3 is 0 Å². The molecule has 1 aliphatic rings. The zero-order valence-electron chi connectivity index (χ0n) is 12.9. The molecule has 0 spiro atoms. The van der Waals surface area contributed by atoms with Crippen molar-refractivity contribution in [1.82, 2.24) is 10.3 Å². The normalized spacial score (nSPS) is 15.2. The van der Waals surface area contributed by atoms with Crippen molar-refractivity contribution in [2.75, 3.05) is 5.32 Å². The van der Waals surface area contributed by atoms with E-state index in [9.17, 15) is 4.79 Å². The molecule has 0 saturated heterocycles. The molecule has 0 radical (unpaired) electrons. The Labute approximate surface area is 144 Å². The van der Waals surface area contributed by atoms with Crippen LogP contribution in [0.4, 0.5) is 11.4 Å². The van der Waals surface area contributed by atoms with Crippen LogP contribution in [0.15, 0.2) is 47.2 Å². The van der Waals surface area contributed by atoms with Gasteiger partial charge in [0.05, 0.1) is 17.4 Å². The maximum atomic E-state index is 12.4. The average Bonchev–Trinajstić information content (AvgIpc) is 2.56. The van der Waals surface area contributed by atoms with Gasteiger partial charge in [0.1, 0.15) is 0 Å². The first kappa shape index (κ1) is 16.0. The van der Waals surface area contributed by atoms with Crippen molar-refractivity contribution in [2.24, 2.45) is 0 Å².